The maximum atomic E-state index is 5.35. The third-order valence-corrected chi connectivity index (χ3v) is 1.64. The monoisotopic (exact) mass is 199 g/mol. The minimum Gasteiger partial charge on any atom is -0.423 e. The molecule has 0 amide bonds. The highest BCUT2D eigenvalue weighted by Crippen LogP contribution is 2.03. The Morgan fingerprint density at radius 1 is 1.36 bits per heavy atom. The molecule has 0 aliphatic rings. The minimum absolute atomic E-state index is 0.183. The van der Waals surface area contributed by atoms with Crippen molar-refractivity contribution in [3.63, 3.8) is 0 Å². The van der Waals surface area contributed by atoms with Crippen LogP contribution in [0.2, 0.25) is 0 Å². The molecule has 5 heteroatoms. The molecule has 0 saturated heterocycles. The van der Waals surface area contributed by atoms with E-state index in [9.17, 15) is 0 Å². The van der Waals surface area contributed by atoms with Gasteiger partial charge in [0.05, 0.1) is 6.10 Å². The molecule has 0 saturated carbocycles. The standard InChI is InChI=1S/C9H17N3O2/c1-7(2)13-6-9-12-11-8(14-9)4-5-10-3/h7,10H,4-6H2,1-3H3. The summed E-state index contributed by atoms with van der Waals surface area (Å²) in [5, 5.41) is 10.8. The van der Waals surface area contributed by atoms with Crippen LogP contribution in [0, 0.1) is 0 Å². The largest absolute Gasteiger partial charge is 0.423 e. The Kier molecular flexibility index (Phi) is 4.55. The maximum absolute atomic E-state index is 5.35. The molecule has 1 aromatic rings. The summed E-state index contributed by atoms with van der Waals surface area (Å²) in [6, 6.07) is 0. The first-order chi connectivity index (χ1) is 6.72. The van der Waals surface area contributed by atoms with Crippen molar-refractivity contribution in [1.82, 2.24) is 15.5 Å². The molecule has 0 fully saturated rings. The van der Waals surface area contributed by atoms with E-state index >= 15 is 0 Å². The van der Waals surface area contributed by atoms with Crippen molar-refractivity contribution in [1.29, 1.82) is 0 Å². The first-order valence-corrected chi connectivity index (χ1v) is 4.80. The van der Waals surface area contributed by atoms with Gasteiger partial charge in [-0.3, -0.25) is 0 Å². The highest BCUT2D eigenvalue weighted by Gasteiger charge is 2.05. The smallest absolute Gasteiger partial charge is 0.242 e. The van der Waals surface area contributed by atoms with Crippen molar-refractivity contribution in [3.8, 4) is 0 Å². The zero-order chi connectivity index (χ0) is 10.4. The van der Waals surface area contributed by atoms with Gasteiger partial charge in [-0.2, -0.15) is 0 Å². The van der Waals surface area contributed by atoms with Crippen molar-refractivity contribution >= 4 is 0 Å². The molecule has 80 valence electrons. The van der Waals surface area contributed by atoms with Gasteiger partial charge in [0.2, 0.25) is 11.8 Å². The zero-order valence-electron chi connectivity index (χ0n) is 8.91. The lowest BCUT2D eigenvalue weighted by molar-refractivity contribution is 0.0511. The van der Waals surface area contributed by atoms with Crippen LogP contribution in [0.4, 0.5) is 0 Å². The van der Waals surface area contributed by atoms with Crippen molar-refractivity contribution in [2.24, 2.45) is 0 Å². The van der Waals surface area contributed by atoms with E-state index in [1.54, 1.807) is 0 Å². The molecule has 1 aromatic heterocycles. The van der Waals surface area contributed by atoms with Gasteiger partial charge in [-0.15, -0.1) is 10.2 Å². The predicted molar refractivity (Wildman–Crippen MR) is 51.9 cm³/mol. The molecule has 0 aliphatic heterocycles. The second-order valence-corrected chi connectivity index (χ2v) is 3.30. The van der Waals surface area contributed by atoms with E-state index in [0.29, 0.717) is 18.4 Å². The molecule has 0 atom stereocenters. The number of aromatic nitrogens is 2. The van der Waals surface area contributed by atoms with Crippen LogP contribution >= 0.6 is 0 Å². The summed E-state index contributed by atoms with van der Waals surface area (Å²) in [6.45, 7) is 5.17. The fourth-order valence-electron chi connectivity index (χ4n) is 0.918. The van der Waals surface area contributed by atoms with E-state index in [1.807, 2.05) is 20.9 Å². The SMILES string of the molecule is CNCCc1nnc(COC(C)C)o1. The Hall–Kier alpha value is -0.940. The summed E-state index contributed by atoms with van der Waals surface area (Å²) in [6.07, 6.45) is 0.938. The molecule has 1 heterocycles. The van der Waals surface area contributed by atoms with Crippen molar-refractivity contribution in [2.75, 3.05) is 13.6 Å². The number of hydrogen-bond acceptors (Lipinski definition) is 5. The second kappa shape index (κ2) is 5.72. The summed E-state index contributed by atoms with van der Waals surface area (Å²) in [7, 11) is 1.89. The Labute approximate surface area is 83.9 Å². The summed E-state index contributed by atoms with van der Waals surface area (Å²) >= 11 is 0. The third kappa shape index (κ3) is 3.85. The quantitative estimate of drug-likeness (QED) is 0.732. The van der Waals surface area contributed by atoms with E-state index in [4.69, 9.17) is 9.15 Å². The van der Waals surface area contributed by atoms with Crippen LogP contribution in [0.5, 0.6) is 0 Å². The zero-order valence-corrected chi connectivity index (χ0v) is 8.91. The number of hydrogen-bond donors (Lipinski definition) is 1. The number of nitrogens with zero attached hydrogens (tertiary/aromatic N) is 2. The van der Waals surface area contributed by atoms with Crippen molar-refractivity contribution < 1.29 is 9.15 Å². The highest BCUT2D eigenvalue weighted by molar-refractivity contribution is 4.80. The Morgan fingerprint density at radius 3 is 2.71 bits per heavy atom. The van der Waals surface area contributed by atoms with Gasteiger partial charge in [-0.1, -0.05) is 0 Å². The van der Waals surface area contributed by atoms with Gasteiger partial charge in [0.15, 0.2) is 0 Å². The van der Waals surface area contributed by atoms with Crippen molar-refractivity contribution in [2.45, 2.75) is 33.0 Å². The molecular formula is C9H17N3O2. The number of nitrogens with one attached hydrogen (secondary N) is 1. The number of likely N-dealkylation sites (N-methyl/N-ethyl adjacent to an activating group) is 1. The molecule has 14 heavy (non-hydrogen) atoms. The van der Waals surface area contributed by atoms with Crippen LogP contribution in [-0.2, 0) is 17.8 Å². The van der Waals surface area contributed by atoms with Crippen LogP contribution in [0.15, 0.2) is 4.42 Å². The van der Waals surface area contributed by atoms with Gasteiger partial charge < -0.3 is 14.5 Å². The van der Waals surface area contributed by atoms with E-state index < -0.39 is 0 Å². The van der Waals surface area contributed by atoms with E-state index in [-0.39, 0.29) is 6.10 Å². The Bertz CT molecular complexity index is 260. The highest BCUT2D eigenvalue weighted by atomic mass is 16.5. The fraction of sp³-hybridized carbons (Fsp3) is 0.778. The van der Waals surface area contributed by atoms with E-state index in [2.05, 4.69) is 15.5 Å². The molecule has 0 bridgehead atoms. The number of rotatable bonds is 6. The summed E-state index contributed by atoms with van der Waals surface area (Å²) in [5.41, 5.74) is 0. The van der Waals surface area contributed by atoms with Gasteiger partial charge in [-0.05, 0) is 20.9 Å². The van der Waals surface area contributed by atoms with E-state index in [0.717, 1.165) is 13.0 Å². The lowest BCUT2D eigenvalue weighted by atomic mass is 10.4. The van der Waals surface area contributed by atoms with E-state index in [1.165, 1.54) is 0 Å². The normalized spacial score (nSPS) is 11.1. The summed E-state index contributed by atoms with van der Waals surface area (Å²) in [4.78, 5) is 0. The molecule has 0 radical (unpaired) electrons. The molecule has 0 spiro atoms. The topological polar surface area (TPSA) is 60.2 Å². The lowest BCUT2D eigenvalue weighted by Crippen LogP contribution is -2.10. The van der Waals surface area contributed by atoms with Crippen LogP contribution in [0.3, 0.4) is 0 Å². The molecular weight excluding hydrogens is 182 g/mol. The molecule has 0 unspecified atom stereocenters. The molecule has 0 aliphatic carbocycles. The first-order valence-electron chi connectivity index (χ1n) is 4.80. The summed E-state index contributed by atoms with van der Waals surface area (Å²) < 4.78 is 10.7. The van der Waals surface area contributed by atoms with Gasteiger partial charge in [-0.25, -0.2) is 0 Å². The average molecular weight is 199 g/mol. The summed E-state index contributed by atoms with van der Waals surface area (Å²) in [5.74, 6) is 1.20. The van der Waals surface area contributed by atoms with Gasteiger partial charge in [0, 0.05) is 13.0 Å². The fourth-order valence-corrected chi connectivity index (χ4v) is 0.918. The third-order valence-electron chi connectivity index (χ3n) is 1.64. The maximum Gasteiger partial charge on any atom is 0.242 e. The molecule has 1 rings (SSSR count). The molecule has 0 aromatic carbocycles. The van der Waals surface area contributed by atoms with Crippen molar-refractivity contribution in [3.05, 3.63) is 11.8 Å². The molecule has 1 N–H and O–H groups in total. The number of ether oxygens (including phenoxy) is 1. The predicted octanol–water partition coefficient (Wildman–Crippen LogP) is 0.756. The average Bonchev–Trinajstić information content (AvgIpc) is 2.59. The Morgan fingerprint density at radius 2 is 2.07 bits per heavy atom. The second-order valence-electron chi connectivity index (χ2n) is 3.30. The van der Waals surface area contributed by atoms with Gasteiger partial charge in [0.25, 0.3) is 0 Å². The minimum atomic E-state index is 0.183. The van der Waals surface area contributed by atoms with Crippen LogP contribution in [-0.4, -0.2) is 29.9 Å². The van der Waals surface area contributed by atoms with Crippen LogP contribution in [0.1, 0.15) is 25.6 Å². The first kappa shape index (κ1) is 11.1. The Balaban J connectivity index is 2.35. The van der Waals surface area contributed by atoms with Crippen LogP contribution < -0.4 is 5.32 Å². The molecule has 5 nitrogen and oxygen atoms in total. The van der Waals surface area contributed by atoms with Gasteiger partial charge in [0.1, 0.15) is 6.61 Å². The lowest BCUT2D eigenvalue weighted by Gasteiger charge is -2.02. The van der Waals surface area contributed by atoms with Crippen LogP contribution in [0.25, 0.3) is 0 Å². The van der Waals surface area contributed by atoms with Gasteiger partial charge >= 0.3 is 0 Å².